The Hall–Kier alpha value is -1.96. The summed E-state index contributed by atoms with van der Waals surface area (Å²) in [6.07, 6.45) is 0.742. The summed E-state index contributed by atoms with van der Waals surface area (Å²) in [4.78, 5) is 25.6. The van der Waals surface area contributed by atoms with Crippen molar-refractivity contribution in [1.29, 1.82) is 0 Å². The molecule has 1 heterocycles. The molecule has 0 aliphatic carbocycles. The van der Waals surface area contributed by atoms with Crippen LogP contribution in [0.4, 0.5) is 5.69 Å². The first-order chi connectivity index (χ1) is 11.6. The van der Waals surface area contributed by atoms with E-state index in [2.05, 4.69) is 15.5 Å². The smallest absolute Gasteiger partial charge is 0.321 e. The summed E-state index contributed by atoms with van der Waals surface area (Å²) in [5.41, 5.74) is 0.666. The molecule has 1 atom stereocenters. The minimum absolute atomic E-state index is 0.0955. The van der Waals surface area contributed by atoms with E-state index in [0.717, 1.165) is 39.3 Å². The molecule has 7 nitrogen and oxygen atoms in total. The molecule has 1 amide bonds. The number of carboxylic acid groups (broad SMARTS) is 1. The molecule has 1 unspecified atom stereocenters. The van der Waals surface area contributed by atoms with Crippen LogP contribution in [-0.2, 0) is 14.3 Å². The standard InChI is InChI=1S/C17H25N3O4/c21-16(19-14-5-2-1-3-6-14)13-15(17(22)23)18-7-4-8-20-9-11-24-12-10-20/h1-3,5-6,15,18H,4,7-13H2,(H,19,21)(H,22,23). The van der Waals surface area contributed by atoms with E-state index < -0.39 is 12.0 Å². The number of carboxylic acids is 1. The van der Waals surface area contributed by atoms with Crippen LogP contribution in [0.5, 0.6) is 0 Å². The zero-order valence-electron chi connectivity index (χ0n) is 13.7. The molecule has 7 heteroatoms. The van der Waals surface area contributed by atoms with Crippen molar-refractivity contribution in [2.75, 3.05) is 44.7 Å². The lowest BCUT2D eigenvalue weighted by Gasteiger charge is -2.26. The van der Waals surface area contributed by atoms with Gasteiger partial charge in [0, 0.05) is 18.8 Å². The highest BCUT2D eigenvalue weighted by Crippen LogP contribution is 2.06. The summed E-state index contributed by atoms with van der Waals surface area (Å²) in [7, 11) is 0. The quantitative estimate of drug-likeness (QED) is 0.578. The van der Waals surface area contributed by atoms with E-state index in [-0.39, 0.29) is 12.3 Å². The van der Waals surface area contributed by atoms with Crippen molar-refractivity contribution in [2.45, 2.75) is 18.9 Å². The minimum Gasteiger partial charge on any atom is -0.480 e. The fourth-order valence-corrected chi connectivity index (χ4v) is 2.57. The summed E-state index contributed by atoms with van der Waals surface area (Å²) in [5, 5.41) is 14.9. The number of para-hydroxylation sites is 1. The van der Waals surface area contributed by atoms with Crippen LogP contribution in [0.25, 0.3) is 0 Å². The Bertz CT molecular complexity index is 518. The number of rotatable bonds is 9. The van der Waals surface area contributed by atoms with E-state index in [9.17, 15) is 14.7 Å². The summed E-state index contributed by atoms with van der Waals surface area (Å²) in [6.45, 7) is 4.81. The van der Waals surface area contributed by atoms with E-state index in [1.807, 2.05) is 18.2 Å². The van der Waals surface area contributed by atoms with Gasteiger partial charge in [0.1, 0.15) is 6.04 Å². The number of hydrogen-bond donors (Lipinski definition) is 3. The van der Waals surface area contributed by atoms with Gasteiger partial charge in [-0.15, -0.1) is 0 Å². The molecule has 0 bridgehead atoms. The fourth-order valence-electron chi connectivity index (χ4n) is 2.57. The highest BCUT2D eigenvalue weighted by molar-refractivity contribution is 5.93. The molecule has 1 aromatic rings. The second-order valence-corrected chi connectivity index (χ2v) is 5.77. The van der Waals surface area contributed by atoms with Gasteiger partial charge in [-0.3, -0.25) is 14.5 Å². The molecule has 3 N–H and O–H groups in total. The molecular formula is C17H25N3O4. The SMILES string of the molecule is O=C(CC(NCCCN1CCOCC1)C(=O)O)Nc1ccccc1. The molecule has 0 radical (unpaired) electrons. The number of amides is 1. The van der Waals surface area contributed by atoms with Crippen LogP contribution in [-0.4, -0.2) is 67.3 Å². The molecule has 0 aromatic heterocycles. The molecule has 1 aliphatic rings. The molecule has 1 aliphatic heterocycles. The van der Waals surface area contributed by atoms with Crippen molar-refractivity contribution in [3.05, 3.63) is 30.3 Å². The molecule has 24 heavy (non-hydrogen) atoms. The van der Waals surface area contributed by atoms with Gasteiger partial charge in [-0.1, -0.05) is 18.2 Å². The molecule has 1 aromatic carbocycles. The Balaban J connectivity index is 1.69. The number of hydrogen-bond acceptors (Lipinski definition) is 5. The summed E-state index contributed by atoms with van der Waals surface area (Å²) in [5.74, 6) is -1.32. The van der Waals surface area contributed by atoms with Crippen LogP contribution in [0.15, 0.2) is 30.3 Å². The van der Waals surface area contributed by atoms with Crippen LogP contribution in [0, 0.1) is 0 Å². The van der Waals surface area contributed by atoms with Gasteiger partial charge >= 0.3 is 5.97 Å². The molecular weight excluding hydrogens is 310 g/mol. The topological polar surface area (TPSA) is 90.9 Å². The Morgan fingerprint density at radius 1 is 1.21 bits per heavy atom. The number of morpholine rings is 1. The van der Waals surface area contributed by atoms with Crippen molar-refractivity contribution in [3.63, 3.8) is 0 Å². The molecule has 2 rings (SSSR count). The van der Waals surface area contributed by atoms with Gasteiger partial charge in [-0.05, 0) is 31.6 Å². The Labute approximate surface area is 142 Å². The maximum Gasteiger partial charge on any atom is 0.321 e. The number of aliphatic carboxylic acids is 1. The first kappa shape index (κ1) is 18.4. The molecule has 1 fully saturated rings. The van der Waals surface area contributed by atoms with Gasteiger partial charge in [0.05, 0.1) is 19.6 Å². The monoisotopic (exact) mass is 335 g/mol. The van der Waals surface area contributed by atoms with Gasteiger partial charge in [0.2, 0.25) is 5.91 Å². The van der Waals surface area contributed by atoms with E-state index >= 15 is 0 Å². The third-order valence-corrected chi connectivity index (χ3v) is 3.89. The first-order valence-electron chi connectivity index (χ1n) is 8.26. The average molecular weight is 335 g/mol. The first-order valence-corrected chi connectivity index (χ1v) is 8.26. The summed E-state index contributed by atoms with van der Waals surface area (Å²) in [6, 6.07) is 8.14. The van der Waals surface area contributed by atoms with E-state index in [4.69, 9.17) is 4.74 Å². The van der Waals surface area contributed by atoms with E-state index in [1.54, 1.807) is 12.1 Å². The van der Waals surface area contributed by atoms with Crippen molar-refractivity contribution < 1.29 is 19.4 Å². The van der Waals surface area contributed by atoms with Gasteiger partial charge in [-0.2, -0.15) is 0 Å². The van der Waals surface area contributed by atoms with Crippen molar-refractivity contribution in [2.24, 2.45) is 0 Å². The van der Waals surface area contributed by atoms with Crippen LogP contribution in [0.3, 0.4) is 0 Å². The fraction of sp³-hybridized carbons (Fsp3) is 0.529. The number of benzene rings is 1. The summed E-state index contributed by atoms with van der Waals surface area (Å²) < 4.78 is 5.29. The van der Waals surface area contributed by atoms with Gasteiger partial charge in [-0.25, -0.2) is 0 Å². The normalized spacial score (nSPS) is 16.5. The summed E-state index contributed by atoms with van der Waals surface area (Å²) >= 11 is 0. The Morgan fingerprint density at radius 2 is 1.92 bits per heavy atom. The van der Waals surface area contributed by atoms with Crippen LogP contribution in [0.1, 0.15) is 12.8 Å². The Kier molecular flexibility index (Phi) is 7.67. The number of nitrogens with one attached hydrogen (secondary N) is 2. The number of carbonyl (C=O) groups is 2. The third kappa shape index (κ3) is 6.66. The third-order valence-electron chi connectivity index (χ3n) is 3.89. The van der Waals surface area contributed by atoms with Gasteiger partial charge in [0.15, 0.2) is 0 Å². The second-order valence-electron chi connectivity index (χ2n) is 5.77. The molecule has 132 valence electrons. The van der Waals surface area contributed by atoms with Crippen LogP contribution in [0.2, 0.25) is 0 Å². The highest BCUT2D eigenvalue weighted by atomic mass is 16.5. The van der Waals surface area contributed by atoms with Crippen LogP contribution >= 0.6 is 0 Å². The number of anilines is 1. The lowest BCUT2D eigenvalue weighted by Crippen LogP contribution is -2.42. The Morgan fingerprint density at radius 3 is 2.58 bits per heavy atom. The van der Waals surface area contributed by atoms with E-state index in [1.165, 1.54) is 0 Å². The number of nitrogens with zero attached hydrogens (tertiary/aromatic N) is 1. The van der Waals surface area contributed by atoms with Crippen molar-refractivity contribution in [3.8, 4) is 0 Å². The largest absolute Gasteiger partial charge is 0.480 e. The average Bonchev–Trinajstić information content (AvgIpc) is 2.59. The number of carbonyl (C=O) groups excluding carboxylic acids is 1. The van der Waals surface area contributed by atoms with Crippen molar-refractivity contribution in [1.82, 2.24) is 10.2 Å². The number of ether oxygens (including phenoxy) is 1. The molecule has 0 saturated carbocycles. The lowest BCUT2D eigenvalue weighted by molar-refractivity contribution is -0.141. The molecule has 0 spiro atoms. The van der Waals surface area contributed by atoms with E-state index in [0.29, 0.717) is 12.2 Å². The van der Waals surface area contributed by atoms with Gasteiger partial charge < -0.3 is 20.5 Å². The lowest BCUT2D eigenvalue weighted by atomic mass is 10.2. The highest BCUT2D eigenvalue weighted by Gasteiger charge is 2.20. The zero-order chi connectivity index (χ0) is 17.2. The van der Waals surface area contributed by atoms with Crippen LogP contribution < -0.4 is 10.6 Å². The zero-order valence-corrected chi connectivity index (χ0v) is 13.7. The predicted molar refractivity (Wildman–Crippen MR) is 91.0 cm³/mol. The maximum atomic E-state index is 12.0. The molecule has 1 saturated heterocycles. The minimum atomic E-state index is -1.01. The van der Waals surface area contributed by atoms with Gasteiger partial charge in [0.25, 0.3) is 0 Å². The predicted octanol–water partition coefficient (Wildman–Crippen LogP) is 0.780. The second kappa shape index (κ2) is 10.0. The maximum absolute atomic E-state index is 12.0. The van der Waals surface area contributed by atoms with Crippen molar-refractivity contribution >= 4 is 17.6 Å².